The molecule has 96 valence electrons. The van der Waals surface area contributed by atoms with E-state index in [1.165, 1.54) is 6.07 Å². The molecule has 0 bridgehead atoms. The van der Waals surface area contributed by atoms with Crippen LogP contribution in [-0.2, 0) is 4.79 Å². The van der Waals surface area contributed by atoms with Crippen LogP contribution in [0.1, 0.15) is 17.5 Å². The van der Waals surface area contributed by atoms with Gasteiger partial charge in [0, 0.05) is 24.3 Å². The summed E-state index contributed by atoms with van der Waals surface area (Å²) >= 11 is 0. The first-order valence-electron chi connectivity index (χ1n) is 6.00. The van der Waals surface area contributed by atoms with Gasteiger partial charge in [0.15, 0.2) is 0 Å². The smallest absolute Gasteiger partial charge is 0.211 e. The van der Waals surface area contributed by atoms with Crippen molar-refractivity contribution < 1.29 is 9.18 Å². The number of likely N-dealkylation sites (N-methyl/N-ethyl adjacent to an activating group) is 1. The molecule has 0 atom stereocenters. The monoisotopic (exact) mass is 248 g/mol. The molecule has 2 rings (SSSR count). The largest absolute Gasteiger partial charge is 0.328 e. The number of anilines is 1. The number of nitrogens with one attached hydrogen (secondary N) is 1. The van der Waals surface area contributed by atoms with Gasteiger partial charge in [0.25, 0.3) is 0 Å². The number of carbonyl (C=O) groups is 1. The maximum absolute atomic E-state index is 14.0. The van der Waals surface area contributed by atoms with Gasteiger partial charge in [0.2, 0.25) is 6.41 Å². The number of hydrogen-bond donors (Lipinski definition) is 1. The highest BCUT2D eigenvalue weighted by Gasteiger charge is 2.14. The predicted molar refractivity (Wildman–Crippen MR) is 70.9 cm³/mol. The molecule has 1 heterocycles. The van der Waals surface area contributed by atoms with Gasteiger partial charge in [-0.2, -0.15) is 0 Å². The topological polar surface area (TPSA) is 32.3 Å². The number of benzene rings is 1. The lowest BCUT2D eigenvalue weighted by molar-refractivity contribution is -0.105. The highest BCUT2D eigenvalue weighted by molar-refractivity contribution is 5.76. The van der Waals surface area contributed by atoms with E-state index in [4.69, 9.17) is 0 Å². The third-order valence-electron chi connectivity index (χ3n) is 3.29. The molecule has 1 amide bonds. The normalized spacial score (nSPS) is 16.3. The minimum Gasteiger partial charge on any atom is -0.328 e. The molecular formula is C14H17FN2O. The molecule has 0 saturated carbocycles. The minimum atomic E-state index is -0.277. The third kappa shape index (κ3) is 2.59. The van der Waals surface area contributed by atoms with Crippen molar-refractivity contribution >= 4 is 17.7 Å². The standard InChI is InChI=1S/C14H17FN2O/c1-10-7-12(11-3-5-17(2)6-4-11)13(15)8-14(10)16-9-18/h3,7-9H,4-6H2,1-2H3,(H,16,18). The molecule has 0 spiro atoms. The van der Waals surface area contributed by atoms with E-state index in [1.807, 2.05) is 14.0 Å². The third-order valence-corrected chi connectivity index (χ3v) is 3.29. The van der Waals surface area contributed by atoms with E-state index in [0.29, 0.717) is 17.7 Å². The summed E-state index contributed by atoms with van der Waals surface area (Å²) in [5.74, 6) is -0.277. The van der Waals surface area contributed by atoms with Gasteiger partial charge in [0.05, 0.1) is 0 Å². The zero-order valence-electron chi connectivity index (χ0n) is 10.7. The summed E-state index contributed by atoms with van der Waals surface area (Å²) in [5, 5.41) is 2.51. The van der Waals surface area contributed by atoms with Crippen LogP contribution in [0.3, 0.4) is 0 Å². The van der Waals surface area contributed by atoms with Crippen molar-refractivity contribution in [3.63, 3.8) is 0 Å². The Labute approximate surface area is 106 Å². The molecule has 0 aromatic heterocycles. The van der Waals surface area contributed by atoms with Crippen molar-refractivity contribution in [2.24, 2.45) is 0 Å². The summed E-state index contributed by atoms with van der Waals surface area (Å²) in [6.45, 7) is 3.66. The van der Waals surface area contributed by atoms with Crippen molar-refractivity contribution in [3.8, 4) is 0 Å². The fourth-order valence-corrected chi connectivity index (χ4v) is 2.16. The summed E-state index contributed by atoms with van der Waals surface area (Å²) in [4.78, 5) is 12.6. The Morgan fingerprint density at radius 1 is 1.44 bits per heavy atom. The Morgan fingerprint density at radius 2 is 2.22 bits per heavy atom. The molecule has 0 aliphatic carbocycles. The van der Waals surface area contributed by atoms with Crippen LogP contribution >= 0.6 is 0 Å². The fraction of sp³-hybridized carbons (Fsp3) is 0.357. The number of hydrogen-bond acceptors (Lipinski definition) is 2. The summed E-state index contributed by atoms with van der Waals surface area (Å²) in [5.41, 5.74) is 3.10. The average Bonchev–Trinajstić information content (AvgIpc) is 2.35. The lowest BCUT2D eigenvalue weighted by atomic mass is 9.97. The van der Waals surface area contributed by atoms with Crippen LogP contribution in [0.25, 0.3) is 5.57 Å². The Bertz CT molecular complexity index is 497. The van der Waals surface area contributed by atoms with Crippen LogP contribution in [0.15, 0.2) is 18.2 Å². The van der Waals surface area contributed by atoms with E-state index in [-0.39, 0.29) is 5.82 Å². The van der Waals surface area contributed by atoms with Crippen LogP contribution in [0.5, 0.6) is 0 Å². The van der Waals surface area contributed by atoms with Gasteiger partial charge in [0.1, 0.15) is 5.82 Å². The van der Waals surface area contributed by atoms with Crippen molar-refractivity contribution in [2.45, 2.75) is 13.3 Å². The van der Waals surface area contributed by atoms with Gasteiger partial charge in [-0.05, 0) is 43.7 Å². The first-order valence-corrected chi connectivity index (χ1v) is 6.00. The molecule has 0 unspecified atom stereocenters. The van der Waals surface area contributed by atoms with E-state index in [2.05, 4.69) is 16.3 Å². The molecule has 4 heteroatoms. The van der Waals surface area contributed by atoms with Crippen molar-refractivity contribution in [2.75, 3.05) is 25.5 Å². The van der Waals surface area contributed by atoms with Gasteiger partial charge in [-0.3, -0.25) is 4.79 Å². The van der Waals surface area contributed by atoms with Gasteiger partial charge in [-0.25, -0.2) is 4.39 Å². The molecule has 1 aliphatic rings. The quantitative estimate of drug-likeness (QED) is 0.833. The molecule has 1 N–H and O–H groups in total. The van der Waals surface area contributed by atoms with Gasteiger partial charge in [-0.1, -0.05) is 6.08 Å². The highest BCUT2D eigenvalue weighted by atomic mass is 19.1. The second-order valence-electron chi connectivity index (χ2n) is 4.65. The average molecular weight is 248 g/mol. The number of carbonyl (C=O) groups excluding carboxylic acids is 1. The van der Waals surface area contributed by atoms with Crippen molar-refractivity contribution in [1.82, 2.24) is 4.90 Å². The van der Waals surface area contributed by atoms with E-state index in [0.717, 1.165) is 30.6 Å². The molecule has 0 saturated heterocycles. The lowest BCUT2D eigenvalue weighted by Crippen LogP contribution is -2.23. The number of nitrogens with zero attached hydrogens (tertiary/aromatic N) is 1. The van der Waals surface area contributed by atoms with E-state index >= 15 is 0 Å². The second kappa shape index (κ2) is 5.31. The maximum atomic E-state index is 14.0. The number of aryl methyl sites for hydroxylation is 1. The van der Waals surface area contributed by atoms with E-state index in [9.17, 15) is 9.18 Å². The van der Waals surface area contributed by atoms with E-state index < -0.39 is 0 Å². The Kier molecular flexibility index (Phi) is 3.77. The molecule has 1 aromatic rings. The summed E-state index contributed by atoms with van der Waals surface area (Å²) in [6.07, 6.45) is 3.48. The van der Waals surface area contributed by atoms with Gasteiger partial charge in [-0.15, -0.1) is 0 Å². The van der Waals surface area contributed by atoms with Crippen molar-refractivity contribution in [1.29, 1.82) is 0 Å². The summed E-state index contributed by atoms with van der Waals surface area (Å²) < 4.78 is 14.0. The Morgan fingerprint density at radius 3 is 2.83 bits per heavy atom. The van der Waals surface area contributed by atoms with Crippen LogP contribution in [0.2, 0.25) is 0 Å². The molecule has 0 radical (unpaired) electrons. The van der Waals surface area contributed by atoms with Gasteiger partial charge < -0.3 is 10.2 Å². The molecule has 1 aromatic carbocycles. The summed E-state index contributed by atoms with van der Waals surface area (Å²) in [6, 6.07) is 3.19. The number of amides is 1. The molecular weight excluding hydrogens is 231 g/mol. The van der Waals surface area contributed by atoms with Crippen molar-refractivity contribution in [3.05, 3.63) is 35.2 Å². The van der Waals surface area contributed by atoms with Crippen LogP contribution in [0.4, 0.5) is 10.1 Å². The van der Waals surface area contributed by atoms with Crippen LogP contribution in [-0.4, -0.2) is 31.4 Å². The maximum Gasteiger partial charge on any atom is 0.211 e. The Balaban J connectivity index is 2.34. The Hall–Kier alpha value is -1.68. The van der Waals surface area contributed by atoms with Crippen LogP contribution < -0.4 is 5.32 Å². The van der Waals surface area contributed by atoms with E-state index in [1.54, 1.807) is 6.07 Å². The first kappa shape index (κ1) is 12.8. The predicted octanol–water partition coefficient (Wildman–Crippen LogP) is 2.42. The molecule has 0 fully saturated rings. The number of rotatable bonds is 3. The molecule has 1 aliphatic heterocycles. The fourth-order valence-electron chi connectivity index (χ4n) is 2.16. The first-order chi connectivity index (χ1) is 8.61. The SMILES string of the molecule is Cc1cc(C2=CCN(C)CC2)c(F)cc1NC=O. The zero-order valence-corrected chi connectivity index (χ0v) is 10.7. The minimum absolute atomic E-state index is 0.277. The lowest BCUT2D eigenvalue weighted by Gasteiger charge is -2.22. The van der Waals surface area contributed by atoms with Gasteiger partial charge >= 0.3 is 0 Å². The van der Waals surface area contributed by atoms with Crippen LogP contribution in [0, 0.1) is 12.7 Å². The summed E-state index contributed by atoms with van der Waals surface area (Å²) in [7, 11) is 2.05. The second-order valence-corrected chi connectivity index (χ2v) is 4.65. The molecule has 3 nitrogen and oxygen atoms in total. The number of halogens is 1. The zero-order chi connectivity index (χ0) is 13.1. The molecule has 18 heavy (non-hydrogen) atoms. The highest BCUT2D eigenvalue weighted by Crippen LogP contribution is 2.28.